The van der Waals surface area contributed by atoms with E-state index in [4.69, 9.17) is 4.74 Å². The van der Waals surface area contributed by atoms with Crippen molar-refractivity contribution in [2.75, 3.05) is 6.61 Å². The molecule has 0 aliphatic heterocycles. The number of aryl methyl sites for hydroxylation is 1. The standard InChI is InChI=1S/C24H19BrFNO2/c1-2-27-20-11-7-6-10-18(20)23(24(27)16-8-4-3-5-9-16)21(28)15-29-22-13-12-17(26)14-19(22)25/h3-14H,2,15H2,1H3. The Morgan fingerprint density at radius 3 is 2.48 bits per heavy atom. The van der Waals surface area contributed by atoms with Gasteiger partial charge in [0.15, 0.2) is 6.61 Å². The van der Waals surface area contributed by atoms with Crippen molar-refractivity contribution in [1.82, 2.24) is 4.57 Å². The van der Waals surface area contributed by atoms with E-state index in [2.05, 4.69) is 27.4 Å². The summed E-state index contributed by atoms with van der Waals surface area (Å²) in [6, 6.07) is 22.0. The lowest BCUT2D eigenvalue weighted by Gasteiger charge is -2.11. The van der Waals surface area contributed by atoms with E-state index < -0.39 is 0 Å². The molecule has 4 rings (SSSR count). The molecule has 29 heavy (non-hydrogen) atoms. The summed E-state index contributed by atoms with van der Waals surface area (Å²) < 4.78 is 21.7. The van der Waals surface area contributed by atoms with E-state index in [-0.39, 0.29) is 18.2 Å². The lowest BCUT2D eigenvalue weighted by Crippen LogP contribution is -2.13. The molecule has 5 heteroatoms. The van der Waals surface area contributed by atoms with E-state index in [1.54, 1.807) is 0 Å². The minimum Gasteiger partial charge on any atom is -0.484 e. The number of halogens is 2. The van der Waals surface area contributed by atoms with Crippen molar-refractivity contribution in [1.29, 1.82) is 0 Å². The van der Waals surface area contributed by atoms with Gasteiger partial charge in [0.1, 0.15) is 11.6 Å². The second-order valence-corrected chi connectivity index (χ2v) is 7.49. The van der Waals surface area contributed by atoms with Gasteiger partial charge in [0.25, 0.3) is 0 Å². The first-order chi connectivity index (χ1) is 14.1. The molecular weight excluding hydrogens is 433 g/mol. The van der Waals surface area contributed by atoms with Crippen LogP contribution in [0.25, 0.3) is 22.2 Å². The largest absolute Gasteiger partial charge is 0.484 e. The highest BCUT2D eigenvalue weighted by molar-refractivity contribution is 9.10. The molecule has 3 aromatic carbocycles. The van der Waals surface area contributed by atoms with E-state index in [0.29, 0.717) is 15.8 Å². The fraction of sp³-hybridized carbons (Fsp3) is 0.125. The zero-order valence-electron chi connectivity index (χ0n) is 15.9. The summed E-state index contributed by atoms with van der Waals surface area (Å²) in [5, 5.41) is 0.903. The quantitative estimate of drug-likeness (QED) is 0.313. The number of carbonyl (C=O) groups excluding carboxylic acids is 1. The maximum Gasteiger partial charge on any atom is 0.203 e. The van der Waals surface area contributed by atoms with Crippen LogP contribution >= 0.6 is 15.9 Å². The van der Waals surface area contributed by atoms with Crippen LogP contribution in [0, 0.1) is 5.82 Å². The third-order valence-corrected chi connectivity index (χ3v) is 5.49. The third-order valence-electron chi connectivity index (χ3n) is 4.87. The summed E-state index contributed by atoms with van der Waals surface area (Å²) >= 11 is 3.28. The summed E-state index contributed by atoms with van der Waals surface area (Å²) in [5.74, 6) is -0.0587. The molecule has 0 amide bonds. The highest BCUT2D eigenvalue weighted by Crippen LogP contribution is 2.34. The molecule has 0 radical (unpaired) electrons. The summed E-state index contributed by atoms with van der Waals surface area (Å²) in [6.45, 7) is 2.67. The van der Waals surface area contributed by atoms with Crippen LogP contribution in [0.1, 0.15) is 17.3 Å². The SMILES string of the molecule is CCn1c(-c2ccccc2)c(C(=O)COc2ccc(F)cc2Br)c2ccccc21. The Hall–Kier alpha value is -2.92. The van der Waals surface area contributed by atoms with Crippen LogP contribution in [0.15, 0.2) is 77.3 Å². The van der Waals surface area contributed by atoms with E-state index in [9.17, 15) is 9.18 Å². The summed E-state index contributed by atoms with van der Waals surface area (Å²) in [4.78, 5) is 13.3. The average molecular weight is 452 g/mol. The predicted molar refractivity (Wildman–Crippen MR) is 117 cm³/mol. The van der Waals surface area contributed by atoms with E-state index in [1.165, 1.54) is 18.2 Å². The van der Waals surface area contributed by atoms with Crippen LogP contribution < -0.4 is 4.74 Å². The molecule has 0 fully saturated rings. The Morgan fingerprint density at radius 2 is 1.76 bits per heavy atom. The number of aromatic nitrogens is 1. The summed E-state index contributed by atoms with van der Waals surface area (Å²) in [7, 11) is 0. The highest BCUT2D eigenvalue weighted by Gasteiger charge is 2.23. The van der Waals surface area contributed by atoms with Crippen LogP contribution in [0.2, 0.25) is 0 Å². The third kappa shape index (κ3) is 3.70. The second kappa shape index (κ2) is 8.21. The molecular formula is C24H19BrFNO2. The lowest BCUT2D eigenvalue weighted by atomic mass is 10.0. The predicted octanol–water partition coefficient (Wildman–Crippen LogP) is 6.49. The number of hydrogen-bond acceptors (Lipinski definition) is 2. The molecule has 1 aromatic heterocycles. The van der Waals surface area contributed by atoms with Gasteiger partial charge in [0.05, 0.1) is 15.7 Å². The second-order valence-electron chi connectivity index (χ2n) is 6.64. The normalized spacial score (nSPS) is 11.0. The number of carbonyl (C=O) groups is 1. The maximum absolute atomic E-state index is 13.3. The smallest absolute Gasteiger partial charge is 0.203 e. The molecule has 0 aliphatic carbocycles. The van der Waals surface area contributed by atoms with Crippen molar-refractivity contribution in [2.45, 2.75) is 13.5 Å². The Kier molecular flexibility index (Phi) is 5.49. The number of ketones is 1. The van der Waals surface area contributed by atoms with Crippen LogP contribution in [0.5, 0.6) is 5.75 Å². The number of benzene rings is 3. The van der Waals surface area contributed by atoms with E-state index in [0.717, 1.165) is 28.7 Å². The minimum absolute atomic E-state index is 0.122. The first-order valence-electron chi connectivity index (χ1n) is 9.38. The number of para-hydroxylation sites is 1. The number of nitrogens with zero attached hydrogens (tertiary/aromatic N) is 1. The van der Waals surface area contributed by atoms with Gasteiger partial charge in [-0.3, -0.25) is 4.79 Å². The lowest BCUT2D eigenvalue weighted by molar-refractivity contribution is 0.0923. The number of rotatable bonds is 6. The molecule has 0 saturated carbocycles. The molecule has 1 heterocycles. The number of hydrogen-bond donors (Lipinski definition) is 0. The van der Waals surface area contributed by atoms with Crippen LogP contribution in [-0.4, -0.2) is 17.0 Å². The fourth-order valence-electron chi connectivity index (χ4n) is 3.62. The van der Waals surface area contributed by atoms with Gasteiger partial charge in [-0.05, 0) is 52.7 Å². The number of fused-ring (bicyclic) bond motifs is 1. The van der Waals surface area contributed by atoms with Crippen molar-refractivity contribution in [3.8, 4) is 17.0 Å². The Balaban J connectivity index is 1.79. The topological polar surface area (TPSA) is 31.2 Å². The zero-order valence-corrected chi connectivity index (χ0v) is 17.4. The molecule has 0 spiro atoms. The van der Waals surface area contributed by atoms with E-state index >= 15 is 0 Å². The number of Topliss-reactive ketones (excluding diaryl/α,β-unsaturated/α-hetero) is 1. The van der Waals surface area contributed by atoms with Gasteiger partial charge in [-0.2, -0.15) is 0 Å². The Labute approximate surface area is 176 Å². The van der Waals surface area contributed by atoms with Crippen molar-refractivity contribution < 1.29 is 13.9 Å². The van der Waals surface area contributed by atoms with Crippen LogP contribution in [0.3, 0.4) is 0 Å². The number of ether oxygens (including phenoxy) is 1. The van der Waals surface area contributed by atoms with Crippen LogP contribution in [-0.2, 0) is 6.54 Å². The van der Waals surface area contributed by atoms with Gasteiger partial charge in [-0.25, -0.2) is 4.39 Å². The van der Waals surface area contributed by atoms with Gasteiger partial charge in [0, 0.05) is 17.4 Å². The van der Waals surface area contributed by atoms with Gasteiger partial charge in [-0.1, -0.05) is 48.5 Å². The van der Waals surface area contributed by atoms with Crippen molar-refractivity contribution >= 4 is 32.6 Å². The molecule has 0 saturated heterocycles. The summed E-state index contributed by atoms with van der Waals surface area (Å²) in [5.41, 5.74) is 3.53. The zero-order chi connectivity index (χ0) is 20.4. The Morgan fingerprint density at radius 1 is 1.03 bits per heavy atom. The van der Waals surface area contributed by atoms with Gasteiger partial charge >= 0.3 is 0 Å². The molecule has 3 nitrogen and oxygen atoms in total. The van der Waals surface area contributed by atoms with Crippen molar-refractivity contribution in [3.63, 3.8) is 0 Å². The van der Waals surface area contributed by atoms with Crippen molar-refractivity contribution in [2.24, 2.45) is 0 Å². The maximum atomic E-state index is 13.3. The highest BCUT2D eigenvalue weighted by atomic mass is 79.9. The molecule has 0 N–H and O–H groups in total. The average Bonchev–Trinajstić information content (AvgIpc) is 3.08. The Bertz CT molecular complexity index is 1180. The molecule has 0 bridgehead atoms. The van der Waals surface area contributed by atoms with Crippen molar-refractivity contribution in [3.05, 3.63) is 88.6 Å². The molecule has 0 atom stereocenters. The van der Waals surface area contributed by atoms with Gasteiger partial charge in [-0.15, -0.1) is 0 Å². The molecule has 0 unspecified atom stereocenters. The molecule has 4 aromatic rings. The first kappa shape index (κ1) is 19.4. The monoisotopic (exact) mass is 451 g/mol. The minimum atomic E-state index is -0.368. The van der Waals surface area contributed by atoms with E-state index in [1.807, 2.05) is 54.6 Å². The summed E-state index contributed by atoms with van der Waals surface area (Å²) in [6.07, 6.45) is 0. The fourth-order valence-corrected chi connectivity index (χ4v) is 4.08. The van der Waals surface area contributed by atoms with Crippen LogP contribution in [0.4, 0.5) is 4.39 Å². The first-order valence-corrected chi connectivity index (χ1v) is 10.2. The van der Waals surface area contributed by atoms with Gasteiger partial charge in [0.2, 0.25) is 5.78 Å². The van der Waals surface area contributed by atoms with Gasteiger partial charge < -0.3 is 9.30 Å². The molecule has 146 valence electrons. The molecule has 0 aliphatic rings.